The highest BCUT2D eigenvalue weighted by Crippen LogP contribution is 2.24. The SMILES string of the molecule is CCC(CC)(CO)CNCc1cccc(C(=O)O)c1. The lowest BCUT2D eigenvalue weighted by Crippen LogP contribution is -2.36. The second kappa shape index (κ2) is 7.26. The highest BCUT2D eigenvalue weighted by atomic mass is 16.4. The summed E-state index contributed by atoms with van der Waals surface area (Å²) in [6, 6.07) is 6.91. The van der Waals surface area contributed by atoms with Gasteiger partial charge in [-0.3, -0.25) is 0 Å². The third-order valence-corrected chi connectivity index (χ3v) is 3.84. The molecular weight excluding hydrogens is 242 g/mol. The van der Waals surface area contributed by atoms with Crippen LogP contribution in [0.1, 0.15) is 42.6 Å². The molecule has 0 saturated carbocycles. The summed E-state index contributed by atoms with van der Waals surface area (Å²) in [6.45, 7) is 5.66. The molecule has 0 saturated heterocycles. The number of carbonyl (C=O) groups is 1. The van der Waals surface area contributed by atoms with Gasteiger partial charge in [-0.2, -0.15) is 0 Å². The quantitative estimate of drug-likeness (QED) is 0.674. The minimum Gasteiger partial charge on any atom is -0.478 e. The molecule has 0 aliphatic heterocycles. The Morgan fingerprint density at radius 1 is 1.32 bits per heavy atom. The lowest BCUT2D eigenvalue weighted by molar-refractivity contribution is 0.0696. The smallest absolute Gasteiger partial charge is 0.335 e. The average Bonchev–Trinajstić information content (AvgIpc) is 2.44. The third kappa shape index (κ3) is 4.33. The molecule has 1 aromatic rings. The van der Waals surface area contributed by atoms with Gasteiger partial charge in [0.15, 0.2) is 0 Å². The van der Waals surface area contributed by atoms with Gasteiger partial charge in [0, 0.05) is 25.1 Å². The molecule has 0 aliphatic carbocycles. The first-order valence-electron chi connectivity index (χ1n) is 6.70. The maximum absolute atomic E-state index is 10.9. The van der Waals surface area contributed by atoms with Crippen molar-refractivity contribution in [3.05, 3.63) is 35.4 Å². The zero-order valence-corrected chi connectivity index (χ0v) is 11.6. The number of nitrogens with one attached hydrogen (secondary N) is 1. The molecule has 19 heavy (non-hydrogen) atoms. The lowest BCUT2D eigenvalue weighted by Gasteiger charge is -2.29. The van der Waals surface area contributed by atoms with Crippen molar-refractivity contribution in [2.45, 2.75) is 33.2 Å². The summed E-state index contributed by atoms with van der Waals surface area (Å²) in [7, 11) is 0. The first-order valence-corrected chi connectivity index (χ1v) is 6.70. The van der Waals surface area contributed by atoms with Crippen LogP contribution < -0.4 is 5.32 Å². The Morgan fingerprint density at radius 2 is 2.00 bits per heavy atom. The molecule has 4 heteroatoms. The van der Waals surface area contributed by atoms with Crippen molar-refractivity contribution < 1.29 is 15.0 Å². The van der Waals surface area contributed by atoms with Gasteiger partial charge in [0.2, 0.25) is 0 Å². The molecule has 0 fully saturated rings. The molecule has 0 aromatic heterocycles. The largest absolute Gasteiger partial charge is 0.478 e. The first kappa shape index (κ1) is 15.7. The minimum absolute atomic E-state index is 0.0790. The highest BCUT2D eigenvalue weighted by Gasteiger charge is 2.24. The van der Waals surface area contributed by atoms with Gasteiger partial charge in [0.25, 0.3) is 0 Å². The minimum atomic E-state index is -0.909. The van der Waals surface area contributed by atoms with Crippen LogP contribution in [0.2, 0.25) is 0 Å². The number of aromatic carboxylic acids is 1. The van der Waals surface area contributed by atoms with Crippen molar-refractivity contribution >= 4 is 5.97 Å². The number of carboxylic acids is 1. The molecule has 3 N–H and O–H groups in total. The van der Waals surface area contributed by atoms with Gasteiger partial charge in [-0.1, -0.05) is 26.0 Å². The van der Waals surface area contributed by atoms with Crippen LogP contribution in [0.5, 0.6) is 0 Å². The van der Waals surface area contributed by atoms with Gasteiger partial charge in [-0.15, -0.1) is 0 Å². The molecule has 4 nitrogen and oxygen atoms in total. The molecule has 0 aliphatic rings. The highest BCUT2D eigenvalue weighted by molar-refractivity contribution is 5.87. The summed E-state index contributed by atoms with van der Waals surface area (Å²) < 4.78 is 0. The molecule has 1 aromatic carbocycles. The second-order valence-corrected chi connectivity index (χ2v) is 4.97. The fourth-order valence-corrected chi connectivity index (χ4v) is 2.07. The number of hydrogen-bond acceptors (Lipinski definition) is 3. The number of carboxylic acid groups (broad SMARTS) is 1. The van der Waals surface area contributed by atoms with E-state index >= 15 is 0 Å². The van der Waals surface area contributed by atoms with Crippen LogP contribution in [-0.4, -0.2) is 29.3 Å². The number of hydrogen-bond donors (Lipinski definition) is 3. The average molecular weight is 265 g/mol. The number of rotatable bonds is 8. The van der Waals surface area contributed by atoms with E-state index in [9.17, 15) is 9.90 Å². The van der Waals surface area contributed by atoms with Crippen LogP contribution in [0.4, 0.5) is 0 Å². The molecule has 0 unspecified atom stereocenters. The topological polar surface area (TPSA) is 69.6 Å². The van der Waals surface area contributed by atoms with E-state index in [0.29, 0.717) is 12.1 Å². The first-order chi connectivity index (χ1) is 9.06. The van der Waals surface area contributed by atoms with E-state index in [-0.39, 0.29) is 12.0 Å². The van der Waals surface area contributed by atoms with E-state index in [1.165, 1.54) is 0 Å². The third-order valence-electron chi connectivity index (χ3n) is 3.84. The molecule has 106 valence electrons. The Hall–Kier alpha value is -1.39. The van der Waals surface area contributed by atoms with E-state index in [1.807, 2.05) is 6.07 Å². The zero-order chi connectivity index (χ0) is 14.3. The molecule has 0 bridgehead atoms. The van der Waals surface area contributed by atoms with Gasteiger partial charge in [0.1, 0.15) is 0 Å². The Balaban J connectivity index is 2.57. The maximum atomic E-state index is 10.9. The predicted molar refractivity (Wildman–Crippen MR) is 75.2 cm³/mol. The summed E-state index contributed by atoms with van der Waals surface area (Å²) in [6.07, 6.45) is 1.84. The van der Waals surface area contributed by atoms with Gasteiger partial charge in [0.05, 0.1) is 5.56 Å². The number of aliphatic hydroxyl groups excluding tert-OH is 1. The summed E-state index contributed by atoms with van der Waals surface area (Å²) in [5, 5.41) is 21.7. The van der Waals surface area contributed by atoms with Gasteiger partial charge in [-0.05, 0) is 30.5 Å². The van der Waals surface area contributed by atoms with Crippen molar-refractivity contribution in [3.8, 4) is 0 Å². The monoisotopic (exact) mass is 265 g/mol. The van der Waals surface area contributed by atoms with Gasteiger partial charge < -0.3 is 15.5 Å². The van der Waals surface area contributed by atoms with Gasteiger partial charge in [-0.25, -0.2) is 4.79 Å². The summed E-state index contributed by atoms with van der Waals surface area (Å²) in [5.74, 6) is -0.909. The lowest BCUT2D eigenvalue weighted by atomic mass is 9.83. The molecule has 0 heterocycles. The van der Waals surface area contributed by atoms with Gasteiger partial charge >= 0.3 is 5.97 Å². The Bertz CT molecular complexity index is 405. The maximum Gasteiger partial charge on any atom is 0.335 e. The van der Waals surface area contributed by atoms with Crippen LogP contribution in [0.15, 0.2) is 24.3 Å². The van der Waals surface area contributed by atoms with E-state index in [1.54, 1.807) is 18.2 Å². The van der Waals surface area contributed by atoms with Crippen molar-refractivity contribution in [1.29, 1.82) is 0 Å². The van der Waals surface area contributed by atoms with Crippen LogP contribution in [-0.2, 0) is 6.54 Å². The summed E-state index contributed by atoms with van der Waals surface area (Å²) in [5.41, 5.74) is 1.17. The molecule has 0 radical (unpaired) electrons. The molecule has 1 rings (SSSR count). The zero-order valence-electron chi connectivity index (χ0n) is 11.6. The van der Waals surface area contributed by atoms with Crippen LogP contribution in [0, 0.1) is 5.41 Å². The second-order valence-electron chi connectivity index (χ2n) is 4.97. The molecule has 0 amide bonds. The van der Waals surface area contributed by atoms with Crippen molar-refractivity contribution in [1.82, 2.24) is 5.32 Å². The normalized spacial score (nSPS) is 11.5. The van der Waals surface area contributed by atoms with E-state index < -0.39 is 5.97 Å². The standard InChI is InChI=1S/C15H23NO3/c1-3-15(4-2,11-17)10-16-9-12-6-5-7-13(8-12)14(18)19/h5-8,16-17H,3-4,9-11H2,1-2H3,(H,18,19). The number of aliphatic hydroxyl groups is 1. The Labute approximate surface area is 114 Å². The Kier molecular flexibility index (Phi) is 5.99. The van der Waals surface area contributed by atoms with Crippen molar-refractivity contribution in [3.63, 3.8) is 0 Å². The van der Waals surface area contributed by atoms with Crippen LogP contribution >= 0.6 is 0 Å². The van der Waals surface area contributed by atoms with E-state index in [2.05, 4.69) is 19.2 Å². The summed E-state index contributed by atoms with van der Waals surface area (Å²) in [4.78, 5) is 10.9. The fraction of sp³-hybridized carbons (Fsp3) is 0.533. The predicted octanol–water partition coefficient (Wildman–Crippen LogP) is 2.27. The van der Waals surface area contributed by atoms with Crippen LogP contribution in [0.25, 0.3) is 0 Å². The Morgan fingerprint density at radius 3 is 2.53 bits per heavy atom. The molecular formula is C15H23NO3. The molecule has 0 atom stereocenters. The van der Waals surface area contributed by atoms with E-state index in [4.69, 9.17) is 5.11 Å². The van der Waals surface area contributed by atoms with Crippen LogP contribution in [0.3, 0.4) is 0 Å². The fourth-order valence-electron chi connectivity index (χ4n) is 2.07. The van der Waals surface area contributed by atoms with Crippen molar-refractivity contribution in [2.24, 2.45) is 5.41 Å². The van der Waals surface area contributed by atoms with Crippen molar-refractivity contribution in [2.75, 3.05) is 13.2 Å². The number of benzene rings is 1. The molecule has 0 spiro atoms. The summed E-state index contributed by atoms with van der Waals surface area (Å²) >= 11 is 0. The van der Waals surface area contributed by atoms with E-state index in [0.717, 1.165) is 24.9 Å².